The highest BCUT2D eigenvalue weighted by molar-refractivity contribution is 5.88. The maximum atomic E-state index is 13.4. The summed E-state index contributed by atoms with van der Waals surface area (Å²) < 4.78 is 19.5. The second kappa shape index (κ2) is 7.65. The summed E-state index contributed by atoms with van der Waals surface area (Å²) in [5, 5.41) is 0.954. The molecule has 0 N–H and O–H groups in total. The molecule has 2 nitrogen and oxygen atoms in total. The van der Waals surface area contributed by atoms with Gasteiger partial charge in [0.25, 0.3) is 0 Å². The number of halogens is 1. The topological polar surface area (TPSA) is 26.0 Å². The zero-order chi connectivity index (χ0) is 19.5. The molecule has 0 radical (unpaired) electrons. The fraction of sp³-hybridized carbons (Fsp3) is 0.0800. The normalized spacial score (nSPS) is 10.9. The van der Waals surface area contributed by atoms with Gasteiger partial charge in [-0.25, -0.2) is 9.37 Å². The number of fused-ring (bicyclic) bond motifs is 1. The van der Waals surface area contributed by atoms with Gasteiger partial charge in [-0.3, -0.25) is 0 Å². The summed E-state index contributed by atoms with van der Waals surface area (Å²) in [4.78, 5) is 4.85. The first-order valence-electron chi connectivity index (χ1n) is 9.19. The fourth-order valence-electron chi connectivity index (χ4n) is 3.45. The number of aromatic nitrogens is 1. The van der Waals surface area contributed by atoms with Gasteiger partial charge in [0, 0.05) is 22.1 Å². The number of allylic oxidation sites excluding steroid dienone is 2. The first-order chi connectivity index (χ1) is 13.7. The lowest BCUT2D eigenvalue weighted by atomic mass is 9.99. The Kier molecular flexibility index (Phi) is 4.90. The minimum atomic E-state index is -0.275. The van der Waals surface area contributed by atoms with E-state index in [9.17, 15) is 4.39 Å². The van der Waals surface area contributed by atoms with Gasteiger partial charge in [0.1, 0.15) is 11.6 Å². The number of nitrogens with zero attached hydrogens (tertiary/aromatic N) is 1. The van der Waals surface area contributed by atoms with Crippen LogP contribution in [0.3, 0.4) is 0 Å². The molecular weight excluding hydrogens is 349 g/mol. The molecule has 4 rings (SSSR count). The molecule has 0 saturated carbocycles. The van der Waals surface area contributed by atoms with Crippen LogP contribution in [-0.4, -0.2) is 4.98 Å². The molecule has 3 heteroatoms. The van der Waals surface area contributed by atoms with E-state index in [0.717, 1.165) is 33.3 Å². The molecule has 0 unspecified atom stereocenters. The minimum Gasteiger partial charge on any atom is -0.437 e. The van der Waals surface area contributed by atoms with Gasteiger partial charge in [-0.05, 0) is 48.7 Å². The number of rotatable bonds is 6. The fourth-order valence-corrected chi connectivity index (χ4v) is 3.45. The number of benzene rings is 2. The van der Waals surface area contributed by atoms with E-state index in [0.29, 0.717) is 24.3 Å². The highest BCUT2D eigenvalue weighted by Crippen LogP contribution is 2.36. The van der Waals surface area contributed by atoms with Gasteiger partial charge in [-0.2, -0.15) is 0 Å². The van der Waals surface area contributed by atoms with Crippen LogP contribution >= 0.6 is 0 Å². The van der Waals surface area contributed by atoms with Crippen molar-refractivity contribution in [2.24, 2.45) is 0 Å². The quantitative estimate of drug-likeness (QED) is 0.351. The van der Waals surface area contributed by atoms with E-state index >= 15 is 0 Å². The van der Waals surface area contributed by atoms with Crippen molar-refractivity contribution in [3.63, 3.8) is 0 Å². The smallest absolute Gasteiger partial charge is 0.227 e. The highest BCUT2D eigenvalue weighted by atomic mass is 19.1. The summed E-state index contributed by atoms with van der Waals surface area (Å²) in [5.74, 6) is 0.431. The second-order valence-electron chi connectivity index (χ2n) is 6.62. The Morgan fingerprint density at radius 3 is 2.29 bits per heavy atom. The lowest BCUT2D eigenvalue weighted by Gasteiger charge is -2.07. The molecule has 0 spiro atoms. The van der Waals surface area contributed by atoms with E-state index in [4.69, 9.17) is 9.40 Å². The first kappa shape index (κ1) is 17.9. The van der Waals surface area contributed by atoms with Crippen LogP contribution in [0.15, 0.2) is 90.4 Å². The molecule has 0 fully saturated rings. The molecule has 138 valence electrons. The summed E-state index contributed by atoms with van der Waals surface area (Å²) >= 11 is 0. The van der Waals surface area contributed by atoms with Gasteiger partial charge in [-0.15, -0.1) is 13.2 Å². The van der Waals surface area contributed by atoms with Gasteiger partial charge >= 0.3 is 0 Å². The zero-order valence-electron chi connectivity index (χ0n) is 15.5. The Hall–Kier alpha value is -3.46. The van der Waals surface area contributed by atoms with Crippen molar-refractivity contribution in [2.45, 2.75) is 12.8 Å². The van der Waals surface area contributed by atoms with Crippen LogP contribution in [0.4, 0.5) is 4.39 Å². The number of hydrogen-bond acceptors (Lipinski definition) is 2. The highest BCUT2D eigenvalue weighted by Gasteiger charge is 2.19. The van der Waals surface area contributed by atoms with E-state index in [1.165, 1.54) is 12.1 Å². The van der Waals surface area contributed by atoms with Gasteiger partial charge < -0.3 is 4.42 Å². The SMILES string of the molecule is C=CCc1cc2c(CC=C)c(-c3ccc(F)cc3)oc2nc1-c1ccccc1. The predicted molar refractivity (Wildman–Crippen MR) is 113 cm³/mol. The standard InChI is InChI=1S/C25H20FNO/c1-3-8-19-16-22-21(9-4-2)24(18-12-14-20(26)15-13-18)28-25(22)27-23(19)17-10-6-5-7-11-17/h3-7,10-16H,1-2,8-9H2. The van der Waals surface area contributed by atoms with E-state index in [-0.39, 0.29) is 5.82 Å². The van der Waals surface area contributed by atoms with Gasteiger partial charge in [0.15, 0.2) is 0 Å². The van der Waals surface area contributed by atoms with E-state index in [2.05, 4.69) is 19.2 Å². The molecule has 0 aliphatic rings. The monoisotopic (exact) mass is 369 g/mol. The van der Waals surface area contributed by atoms with Crippen molar-refractivity contribution in [3.05, 3.63) is 103 Å². The molecule has 2 aromatic heterocycles. The molecule has 2 aromatic carbocycles. The third-order valence-corrected chi connectivity index (χ3v) is 4.73. The van der Waals surface area contributed by atoms with Crippen LogP contribution in [0.5, 0.6) is 0 Å². The third kappa shape index (κ3) is 3.27. The Morgan fingerprint density at radius 2 is 1.61 bits per heavy atom. The van der Waals surface area contributed by atoms with Crippen LogP contribution in [0.2, 0.25) is 0 Å². The summed E-state index contributed by atoms with van der Waals surface area (Å²) in [7, 11) is 0. The van der Waals surface area contributed by atoms with Crippen LogP contribution in [0, 0.1) is 5.82 Å². The van der Waals surface area contributed by atoms with Crippen molar-refractivity contribution in [1.82, 2.24) is 4.98 Å². The molecule has 0 bridgehead atoms. The predicted octanol–water partition coefficient (Wildman–Crippen LogP) is 6.76. The minimum absolute atomic E-state index is 0.275. The van der Waals surface area contributed by atoms with Gasteiger partial charge in [-0.1, -0.05) is 42.5 Å². The molecule has 0 aliphatic carbocycles. The molecule has 0 aliphatic heterocycles. The van der Waals surface area contributed by atoms with Crippen molar-refractivity contribution in [2.75, 3.05) is 0 Å². The first-order valence-corrected chi connectivity index (χ1v) is 9.19. The summed E-state index contributed by atoms with van der Waals surface area (Å²) in [6.45, 7) is 7.76. The van der Waals surface area contributed by atoms with Crippen molar-refractivity contribution < 1.29 is 8.81 Å². The number of hydrogen-bond donors (Lipinski definition) is 0. The van der Waals surface area contributed by atoms with Gasteiger partial charge in [0.2, 0.25) is 5.71 Å². The average Bonchev–Trinajstić information content (AvgIpc) is 3.07. The van der Waals surface area contributed by atoms with E-state index in [1.54, 1.807) is 12.1 Å². The molecule has 0 amide bonds. The van der Waals surface area contributed by atoms with Crippen molar-refractivity contribution in [1.29, 1.82) is 0 Å². The second-order valence-corrected chi connectivity index (χ2v) is 6.62. The van der Waals surface area contributed by atoms with Crippen LogP contribution < -0.4 is 0 Å². The number of furan rings is 1. The van der Waals surface area contributed by atoms with Crippen LogP contribution in [-0.2, 0) is 12.8 Å². The van der Waals surface area contributed by atoms with Crippen LogP contribution in [0.1, 0.15) is 11.1 Å². The zero-order valence-corrected chi connectivity index (χ0v) is 15.5. The summed E-state index contributed by atoms with van der Waals surface area (Å²) in [6, 6.07) is 18.5. The lowest BCUT2D eigenvalue weighted by molar-refractivity contribution is 0.613. The number of pyridine rings is 1. The molecule has 28 heavy (non-hydrogen) atoms. The van der Waals surface area contributed by atoms with E-state index < -0.39 is 0 Å². The Balaban J connectivity index is 1.97. The molecule has 0 saturated heterocycles. The summed E-state index contributed by atoms with van der Waals surface area (Å²) in [6.07, 6.45) is 5.07. The van der Waals surface area contributed by atoms with Gasteiger partial charge in [0.05, 0.1) is 5.69 Å². The average molecular weight is 369 g/mol. The molecule has 2 heterocycles. The molecule has 0 atom stereocenters. The largest absolute Gasteiger partial charge is 0.437 e. The van der Waals surface area contributed by atoms with E-state index in [1.807, 2.05) is 42.5 Å². The molecular formula is C25H20FNO. The van der Waals surface area contributed by atoms with Crippen molar-refractivity contribution in [3.8, 4) is 22.6 Å². The maximum Gasteiger partial charge on any atom is 0.227 e. The molecule has 4 aromatic rings. The lowest BCUT2D eigenvalue weighted by Crippen LogP contribution is -1.93. The third-order valence-electron chi connectivity index (χ3n) is 4.73. The van der Waals surface area contributed by atoms with Crippen LogP contribution in [0.25, 0.3) is 33.7 Å². The Labute approximate surface area is 163 Å². The Morgan fingerprint density at radius 1 is 0.893 bits per heavy atom. The van der Waals surface area contributed by atoms with Crippen molar-refractivity contribution >= 4 is 11.1 Å². The summed E-state index contributed by atoms with van der Waals surface area (Å²) in [5.41, 5.74) is 5.41. The Bertz CT molecular complexity index is 1140. The maximum absolute atomic E-state index is 13.4.